The van der Waals surface area contributed by atoms with Crippen molar-refractivity contribution in [2.45, 2.75) is 34.0 Å². The fourth-order valence-corrected chi connectivity index (χ4v) is 1.61. The van der Waals surface area contributed by atoms with Crippen molar-refractivity contribution in [1.29, 1.82) is 0 Å². The first-order valence-corrected chi connectivity index (χ1v) is 8.01. The molecule has 1 atom stereocenters. The van der Waals surface area contributed by atoms with Gasteiger partial charge < -0.3 is 18.9 Å². The van der Waals surface area contributed by atoms with Crippen LogP contribution in [0.2, 0.25) is 5.02 Å². The molecule has 0 aliphatic carbocycles. The molecule has 0 aromatic heterocycles. The maximum atomic E-state index is 10.2. The van der Waals surface area contributed by atoms with Crippen LogP contribution in [-0.4, -0.2) is 40.3 Å². The van der Waals surface area contributed by atoms with Gasteiger partial charge in [-0.1, -0.05) is 25.4 Å². The van der Waals surface area contributed by atoms with Gasteiger partial charge in [-0.25, -0.2) is 0 Å². The fraction of sp³-hybridized carbons (Fsp3) is 0.588. The monoisotopic (exact) mass is 348 g/mol. The van der Waals surface area contributed by atoms with Gasteiger partial charge in [0.2, 0.25) is 0 Å². The average Bonchev–Trinajstić information content (AvgIpc) is 2.60. The van der Waals surface area contributed by atoms with Gasteiger partial charge >= 0.3 is 0 Å². The zero-order valence-electron chi connectivity index (χ0n) is 14.9. The van der Waals surface area contributed by atoms with Crippen LogP contribution in [0.15, 0.2) is 18.2 Å². The third kappa shape index (κ3) is 11.1. The predicted octanol–water partition coefficient (Wildman–Crippen LogP) is 4.28. The molecule has 0 saturated carbocycles. The van der Waals surface area contributed by atoms with Crippen LogP contribution < -0.4 is 4.74 Å². The number of halogens is 1. The molecule has 0 bridgehead atoms. The standard InChI is InChI=1S/C12H15ClO4.C3H8O.C2H6/c1-3-16-12(15-2)10-5-4-9(8-11(10)13)17-7-6-14;1-3-4-2;1-2/h4-6,8,12H,3,7H2,1-2H3;3H2,1-2H3;1-2H3. The Bertz CT molecular complexity index is 397. The number of benzene rings is 1. The van der Waals surface area contributed by atoms with E-state index in [1.807, 2.05) is 27.7 Å². The van der Waals surface area contributed by atoms with Crippen LogP contribution in [0.25, 0.3) is 0 Å². The average molecular weight is 349 g/mol. The number of rotatable bonds is 8. The Morgan fingerprint density at radius 1 is 1.17 bits per heavy atom. The Balaban J connectivity index is 0. The van der Waals surface area contributed by atoms with Gasteiger partial charge in [-0.05, 0) is 32.0 Å². The van der Waals surface area contributed by atoms with E-state index in [1.165, 1.54) is 0 Å². The van der Waals surface area contributed by atoms with E-state index >= 15 is 0 Å². The summed E-state index contributed by atoms with van der Waals surface area (Å²) in [6.07, 6.45) is 0.188. The smallest absolute Gasteiger partial charge is 0.184 e. The minimum Gasteiger partial charge on any atom is -0.486 e. The van der Waals surface area contributed by atoms with Gasteiger partial charge in [0.15, 0.2) is 12.6 Å². The largest absolute Gasteiger partial charge is 0.486 e. The maximum absolute atomic E-state index is 10.2. The van der Waals surface area contributed by atoms with Crippen molar-refractivity contribution < 1.29 is 23.7 Å². The van der Waals surface area contributed by atoms with Gasteiger partial charge in [0.25, 0.3) is 0 Å². The van der Waals surface area contributed by atoms with Crippen LogP contribution in [0.3, 0.4) is 0 Å². The van der Waals surface area contributed by atoms with E-state index in [4.69, 9.17) is 25.8 Å². The number of aldehydes is 1. The summed E-state index contributed by atoms with van der Waals surface area (Å²) >= 11 is 6.09. The highest BCUT2D eigenvalue weighted by molar-refractivity contribution is 6.31. The number of ether oxygens (including phenoxy) is 4. The maximum Gasteiger partial charge on any atom is 0.184 e. The SMILES string of the molecule is CC.CCOC.CCOC(OC)c1ccc(OCC=O)cc1Cl. The normalized spacial score (nSPS) is 10.6. The van der Waals surface area contributed by atoms with E-state index in [1.54, 1.807) is 32.4 Å². The van der Waals surface area contributed by atoms with Gasteiger partial charge in [-0.15, -0.1) is 0 Å². The number of methoxy groups -OCH3 is 2. The van der Waals surface area contributed by atoms with Gasteiger partial charge in [0.1, 0.15) is 12.4 Å². The molecule has 0 fully saturated rings. The highest BCUT2D eigenvalue weighted by Crippen LogP contribution is 2.29. The summed E-state index contributed by atoms with van der Waals surface area (Å²) in [7, 11) is 3.23. The summed E-state index contributed by atoms with van der Waals surface area (Å²) in [6.45, 7) is 9.19. The first-order chi connectivity index (χ1) is 11.1. The molecule has 23 heavy (non-hydrogen) atoms. The first kappa shape index (κ1) is 24.1. The second-order valence-electron chi connectivity index (χ2n) is 3.76. The van der Waals surface area contributed by atoms with Crippen LogP contribution in [0.1, 0.15) is 39.5 Å². The molecular formula is C17H29ClO5. The zero-order chi connectivity index (χ0) is 18.1. The lowest BCUT2D eigenvalue weighted by molar-refractivity contribution is -0.123. The van der Waals surface area contributed by atoms with Crippen LogP contribution >= 0.6 is 11.6 Å². The molecule has 0 N–H and O–H groups in total. The molecule has 1 rings (SSSR count). The molecule has 1 unspecified atom stereocenters. The van der Waals surface area contributed by atoms with E-state index in [9.17, 15) is 4.79 Å². The zero-order valence-corrected chi connectivity index (χ0v) is 15.7. The lowest BCUT2D eigenvalue weighted by Gasteiger charge is -2.17. The number of carbonyl (C=O) groups excluding carboxylic acids is 1. The highest BCUT2D eigenvalue weighted by atomic mass is 35.5. The minimum absolute atomic E-state index is 0.00877. The molecule has 0 radical (unpaired) electrons. The first-order valence-electron chi connectivity index (χ1n) is 7.63. The quantitative estimate of drug-likeness (QED) is 0.518. The van der Waals surface area contributed by atoms with E-state index in [0.29, 0.717) is 23.7 Å². The van der Waals surface area contributed by atoms with Gasteiger partial charge in [0.05, 0.1) is 5.02 Å². The molecular weight excluding hydrogens is 320 g/mol. The Morgan fingerprint density at radius 2 is 1.78 bits per heavy atom. The van der Waals surface area contributed by atoms with Gasteiger partial charge in [-0.3, -0.25) is 4.79 Å². The third-order valence-corrected chi connectivity index (χ3v) is 2.69. The minimum atomic E-state index is -0.493. The Labute approximate surface area is 144 Å². The van der Waals surface area contributed by atoms with E-state index in [0.717, 1.165) is 12.2 Å². The molecule has 5 nitrogen and oxygen atoms in total. The molecule has 0 amide bonds. The number of hydrogen-bond donors (Lipinski definition) is 0. The van der Waals surface area contributed by atoms with Gasteiger partial charge in [0, 0.05) is 33.0 Å². The summed E-state index contributed by atoms with van der Waals surface area (Å²) in [5.41, 5.74) is 0.731. The van der Waals surface area contributed by atoms with Crippen molar-refractivity contribution in [3.05, 3.63) is 28.8 Å². The third-order valence-electron chi connectivity index (χ3n) is 2.36. The second-order valence-corrected chi connectivity index (χ2v) is 4.17. The van der Waals surface area contributed by atoms with Crippen molar-refractivity contribution >= 4 is 17.9 Å². The van der Waals surface area contributed by atoms with Crippen molar-refractivity contribution in [1.82, 2.24) is 0 Å². The topological polar surface area (TPSA) is 54.0 Å². The predicted molar refractivity (Wildman–Crippen MR) is 93.3 cm³/mol. The van der Waals surface area contributed by atoms with E-state index < -0.39 is 6.29 Å². The lowest BCUT2D eigenvalue weighted by Crippen LogP contribution is -2.07. The molecule has 0 spiro atoms. The number of carbonyl (C=O) groups is 1. The van der Waals surface area contributed by atoms with Crippen LogP contribution in [0, 0.1) is 0 Å². The number of hydrogen-bond acceptors (Lipinski definition) is 5. The molecule has 1 aromatic rings. The Hall–Kier alpha value is -1.14. The summed E-state index contributed by atoms with van der Waals surface area (Å²) in [5.74, 6) is 0.539. The molecule has 6 heteroatoms. The van der Waals surface area contributed by atoms with Crippen LogP contribution in [-0.2, 0) is 19.0 Å². The Morgan fingerprint density at radius 3 is 2.17 bits per heavy atom. The highest BCUT2D eigenvalue weighted by Gasteiger charge is 2.14. The molecule has 0 heterocycles. The second kappa shape index (κ2) is 17.2. The lowest BCUT2D eigenvalue weighted by atomic mass is 10.2. The molecule has 0 aliphatic heterocycles. The fourth-order valence-electron chi connectivity index (χ4n) is 1.36. The van der Waals surface area contributed by atoms with Crippen molar-refractivity contribution in [2.75, 3.05) is 34.0 Å². The molecule has 0 aliphatic rings. The molecule has 1 aromatic carbocycles. The molecule has 134 valence electrons. The van der Waals surface area contributed by atoms with Crippen molar-refractivity contribution in [3.8, 4) is 5.75 Å². The molecule has 0 saturated heterocycles. The summed E-state index contributed by atoms with van der Waals surface area (Å²) in [5, 5.41) is 0.480. The van der Waals surface area contributed by atoms with E-state index in [-0.39, 0.29) is 6.61 Å². The summed E-state index contributed by atoms with van der Waals surface area (Å²) in [4.78, 5) is 10.2. The van der Waals surface area contributed by atoms with Gasteiger partial charge in [-0.2, -0.15) is 0 Å². The van der Waals surface area contributed by atoms with Crippen molar-refractivity contribution in [3.63, 3.8) is 0 Å². The van der Waals surface area contributed by atoms with Crippen LogP contribution in [0.5, 0.6) is 5.75 Å². The van der Waals surface area contributed by atoms with Crippen LogP contribution in [0.4, 0.5) is 0 Å². The Kier molecular flexibility index (Phi) is 18.1. The summed E-state index contributed by atoms with van der Waals surface area (Å²) < 4.78 is 20.2. The van der Waals surface area contributed by atoms with Crippen molar-refractivity contribution in [2.24, 2.45) is 0 Å². The summed E-state index contributed by atoms with van der Waals surface area (Å²) in [6, 6.07) is 5.10. The van der Waals surface area contributed by atoms with E-state index in [2.05, 4.69) is 4.74 Å².